The maximum absolute atomic E-state index is 12.3. The SMILES string of the molecule is CN(c1ccc(OC(=O)Cl)cc1)S(=O)(=O)c1cccs1. The number of ether oxygens (including phenoxy) is 1. The molecule has 0 unspecified atom stereocenters. The molecule has 2 rings (SSSR count). The van der Waals surface area contributed by atoms with E-state index in [0.717, 1.165) is 15.6 Å². The van der Waals surface area contributed by atoms with Crippen LogP contribution in [0.2, 0.25) is 0 Å². The first-order valence-corrected chi connectivity index (χ1v) is 8.11. The van der Waals surface area contributed by atoms with Crippen molar-refractivity contribution in [1.82, 2.24) is 0 Å². The summed E-state index contributed by atoms with van der Waals surface area (Å²) in [4.78, 5) is 10.6. The maximum atomic E-state index is 12.3. The number of carbonyl (C=O) groups is 1. The third-order valence-corrected chi connectivity index (χ3v) is 5.74. The highest BCUT2D eigenvalue weighted by Gasteiger charge is 2.22. The second-order valence-corrected chi connectivity index (χ2v) is 7.19. The molecule has 0 bridgehead atoms. The average Bonchev–Trinajstić information content (AvgIpc) is 2.92. The molecule has 106 valence electrons. The molecule has 0 aliphatic heterocycles. The Balaban J connectivity index is 2.25. The van der Waals surface area contributed by atoms with Crippen molar-refractivity contribution >= 4 is 44.1 Å². The lowest BCUT2D eigenvalue weighted by Gasteiger charge is -2.18. The normalized spacial score (nSPS) is 11.1. The summed E-state index contributed by atoms with van der Waals surface area (Å²) in [6.07, 6.45) is 0. The third kappa shape index (κ3) is 3.12. The topological polar surface area (TPSA) is 63.7 Å². The van der Waals surface area contributed by atoms with Gasteiger partial charge < -0.3 is 4.74 Å². The minimum atomic E-state index is -3.57. The molecule has 8 heteroatoms. The number of benzene rings is 1. The van der Waals surface area contributed by atoms with Crippen molar-refractivity contribution in [2.24, 2.45) is 0 Å². The van der Waals surface area contributed by atoms with Crippen LogP contribution in [0, 0.1) is 0 Å². The van der Waals surface area contributed by atoms with E-state index in [1.54, 1.807) is 17.5 Å². The lowest BCUT2D eigenvalue weighted by atomic mass is 10.3. The molecule has 2 aromatic rings. The maximum Gasteiger partial charge on any atom is 0.409 e. The molecule has 0 amide bonds. The molecule has 1 aromatic carbocycles. The van der Waals surface area contributed by atoms with E-state index >= 15 is 0 Å². The summed E-state index contributed by atoms with van der Waals surface area (Å²) >= 11 is 6.24. The Kier molecular flexibility index (Phi) is 4.32. The van der Waals surface area contributed by atoms with Gasteiger partial charge in [0.05, 0.1) is 5.69 Å². The van der Waals surface area contributed by atoms with Gasteiger partial charge in [0.1, 0.15) is 9.96 Å². The highest BCUT2D eigenvalue weighted by Crippen LogP contribution is 2.26. The van der Waals surface area contributed by atoms with Crippen LogP contribution < -0.4 is 9.04 Å². The fourth-order valence-corrected chi connectivity index (χ4v) is 3.95. The Morgan fingerprint density at radius 2 is 1.90 bits per heavy atom. The van der Waals surface area contributed by atoms with Crippen LogP contribution in [0.25, 0.3) is 0 Å². The van der Waals surface area contributed by atoms with Gasteiger partial charge in [-0.25, -0.2) is 13.2 Å². The van der Waals surface area contributed by atoms with Gasteiger partial charge in [0, 0.05) is 18.6 Å². The number of anilines is 1. The summed E-state index contributed by atoms with van der Waals surface area (Å²) in [6, 6.07) is 9.21. The van der Waals surface area contributed by atoms with Crippen molar-refractivity contribution < 1.29 is 17.9 Å². The lowest BCUT2D eigenvalue weighted by Crippen LogP contribution is -2.25. The van der Waals surface area contributed by atoms with Crippen LogP contribution in [0.5, 0.6) is 5.75 Å². The highest BCUT2D eigenvalue weighted by atomic mass is 35.5. The molecule has 0 radical (unpaired) electrons. The van der Waals surface area contributed by atoms with Gasteiger partial charge in [-0.3, -0.25) is 4.31 Å². The third-order valence-electron chi connectivity index (χ3n) is 2.51. The highest BCUT2D eigenvalue weighted by molar-refractivity contribution is 7.94. The molecule has 0 saturated heterocycles. The van der Waals surface area contributed by atoms with Crippen molar-refractivity contribution in [3.05, 3.63) is 41.8 Å². The zero-order valence-corrected chi connectivity index (χ0v) is 12.7. The predicted molar refractivity (Wildman–Crippen MR) is 78.2 cm³/mol. The van der Waals surface area contributed by atoms with Crippen molar-refractivity contribution in [1.29, 1.82) is 0 Å². The van der Waals surface area contributed by atoms with Crippen LogP contribution in [0.4, 0.5) is 10.5 Å². The van der Waals surface area contributed by atoms with Gasteiger partial charge in [-0.1, -0.05) is 6.07 Å². The number of rotatable bonds is 4. The molecule has 0 aliphatic carbocycles. The van der Waals surface area contributed by atoms with Crippen molar-refractivity contribution in [2.75, 3.05) is 11.4 Å². The molecule has 1 aromatic heterocycles. The number of sulfonamides is 1. The monoisotopic (exact) mass is 331 g/mol. The van der Waals surface area contributed by atoms with Crippen LogP contribution in [-0.4, -0.2) is 20.9 Å². The Morgan fingerprint density at radius 3 is 2.40 bits per heavy atom. The van der Waals surface area contributed by atoms with Gasteiger partial charge in [0.25, 0.3) is 10.0 Å². The van der Waals surface area contributed by atoms with Crippen molar-refractivity contribution in [3.8, 4) is 5.75 Å². The minimum Gasteiger partial charge on any atom is -0.415 e. The Bertz CT molecular complexity index is 696. The van der Waals surface area contributed by atoms with E-state index in [2.05, 4.69) is 4.74 Å². The summed E-state index contributed by atoms with van der Waals surface area (Å²) in [6.45, 7) is 0. The number of halogens is 1. The largest absolute Gasteiger partial charge is 0.415 e. The van der Waals surface area contributed by atoms with Crippen LogP contribution in [-0.2, 0) is 10.0 Å². The van der Waals surface area contributed by atoms with Gasteiger partial charge in [-0.2, -0.15) is 0 Å². The van der Waals surface area contributed by atoms with Crippen molar-refractivity contribution in [3.63, 3.8) is 0 Å². The Hall–Kier alpha value is -1.57. The summed E-state index contributed by atoms with van der Waals surface area (Å²) in [5.74, 6) is 0.246. The smallest absolute Gasteiger partial charge is 0.409 e. The van der Waals surface area contributed by atoms with E-state index in [9.17, 15) is 13.2 Å². The molecular formula is C12H10ClNO4S2. The van der Waals surface area contributed by atoms with E-state index in [0.29, 0.717) is 5.69 Å². The number of hydrogen-bond donors (Lipinski definition) is 0. The molecule has 0 fully saturated rings. The minimum absolute atomic E-state index is 0.246. The molecule has 0 saturated carbocycles. The van der Waals surface area contributed by atoms with Crippen LogP contribution in [0.15, 0.2) is 46.0 Å². The van der Waals surface area contributed by atoms with E-state index in [1.807, 2.05) is 0 Å². The molecule has 5 nitrogen and oxygen atoms in total. The predicted octanol–water partition coefficient (Wildman–Crippen LogP) is 3.31. The number of nitrogens with zero attached hydrogens (tertiary/aromatic N) is 1. The Morgan fingerprint density at radius 1 is 1.25 bits per heavy atom. The van der Waals surface area contributed by atoms with Gasteiger partial charge >= 0.3 is 5.43 Å². The summed E-state index contributed by atoms with van der Waals surface area (Å²) < 4.78 is 30.7. The van der Waals surface area contributed by atoms with Gasteiger partial charge in [0.15, 0.2) is 0 Å². The molecule has 0 atom stereocenters. The summed E-state index contributed by atoms with van der Waals surface area (Å²) in [7, 11) is -2.11. The van der Waals surface area contributed by atoms with E-state index in [4.69, 9.17) is 11.6 Å². The number of thiophene rings is 1. The Labute approximate surface area is 125 Å². The van der Waals surface area contributed by atoms with Gasteiger partial charge in [-0.15, -0.1) is 11.3 Å². The van der Waals surface area contributed by atoms with Gasteiger partial charge in [0.2, 0.25) is 0 Å². The van der Waals surface area contributed by atoms with Gasteiger partial charge in [-0.05, 0) is 35.7 Å². The molecular weight excluding hydrogens is 322 g/mol. The van der Waals surface area contributed by atoms with E-state index < -0.39 is 15.5 Å². The number of hydrogen-bond acceptors (Lipinski definition) is 5. The molecule has 0 aliphatic rings. The fraction of sp³-hybridized carbons (Fsp3) is 0.0833. The molecule has 20 heavy (non-hydrogen) atoms. The first kappa shape index (κ1) is 14.8. The quantitative estimate of drug-likeness (QED) is 0.806. The summed E-state index contributed by atoms with van der Waals surface area (Å²) in [5, 5.41) is 1.70. The second kappa shape index (κ2) is 5.82. The molecule has 1 heterocycles. The van der Waals surface area contributed by atoms with E-state index in [1.165, 1.54) is 31.3 Å². The van der Waals surface area contributed by atoms with E-state index in [-0.39, 0.29) is 9.96 Å². The van der Waals surface area contributed by atoms with Crippen molar-refractivity contribution in [2.45, 2.75) is 4.21 Å². The molecule has 0 spiro atoms. The zero-order valence-electron chi connectivity index (χ0n) is 10.3. The first-order chi connectivity index (χ1) is 9.41. The fourth-order valence-electron chi connectivity index (χ4n) is 1.50. The number of carbonyl (C=O) groups excluding carboxylic acids is 1. The zero-order chi connectivity index (χ0) is 14.8. The standard InChI is InChI=1S/C12H10ClNO4S2/c1-14(20(16,17)11-3-2-8-19-11)9-4-6-10(7-5-9)18-12(13)15/h2-8H,1H3. The lowest BCUT2D eigenvalue weighted by molar-refractivity contribution is 0.225. The average molecular weight is 332 g/mol. The molecule has 0 N–H and O–H groups in total. The first-order valence-electron chi connectivity index (χ1n) is 5.41. The summed E-state index contributed by atoms with van der Waals surface area (Å²) in [5.41, 5.74) is -0.495. The van der Waals surface area contributed by atoms with Crippen LogP contribution in [0.1, 0.15) is 0 Å². The second-order valence-electron chi connectivity index (χ2n) is 3.74. The van der Waals surface area contributed by atoms with Crippen LogP contribution in [0.3, 0.4) is 0 Å². The van der Waals surface area contributed by atoms with Crippen LogP contribution >= 0.6 is 22.9 Å².